The quantitative estimate of drug-likeness (QED) is 0.600. The third-order valence-corrected chi connectivity index (χ3v) is 5.69. The number of nitrogens with two attached hydrogens (primary N) is 1. The second kappa shape index (κ2) is 9.99. The fraction of sp³-hybridized carbons (Fsp3) is 0.192. The van der Waals surface area contributed by atoms with Gasteiger partial charge in [-0.25, -0.2) is 0 Å². The molecule has 0 unspecified atom stereocenters. The molecule has 0 aromatic heterocycles. The van der Waals surface area contributed by atoms with Crippen LogP contribution in [0.4, 0.5) is 5.69 Å². The van der Waals surface area contributed by atoms with Crippen LogP contribution in [0.5, 0.6) is 11.5 Å². The van der Waals surface area contributed by atoms with Crippen LogP contribution >= 0.6 is 0 Å². The van der Waals surface area contributed by atoms with E-state index in [1.807, 2.05) is 30.3 Å². The largest absolute Gasteiger partial charge is 0.457 e. The van der Waals surface area contributed by atoms with Crippen LogP contribution in [-0.2, 0) is 4.79 Å². The number of anilines is 1. The molecule has 0 spiro atoms. The van der Waals surface area contributed by atoms with E-state index >= 15 is 0 Å². The number of hydrogen-bond donors (Lipinski definition) is 2. The van der Waals surface area contributed by atoms with Gasteiger partial charge in [-0.05, 0) is 61.4 Å². The molecule has 7 heteroatoms. The molecule has 0 saturated carbocycles. The van der Waals surface area contributed by atoms with Crippen LogP contribution in [-0.4, -0.2) is 35.7 Å². The Kier molecular flexibility index (Phi) is 6.69. The van der Waals surface area contributed by atoms with E-state index in [9.17, 15) is 14.4 Å². The smallest absolute Gasteiger partial charge is 0.255 e. The van der Waals surface area contributed by atoms with Gasteiger partial charge < -0.3 is 20.7 Å². The van der Waals surface area contributed by atoms with Gasteiger partial charge in [0.2, 0.25) is 5.91 Å². The predicted octanol–water partition coefficient (Wildman–Crippen LogP) is 4.07. The van der Waals surface area contributed by atoms with Crippen molar-refractivity contribution in [1.29, 1.82) is 0 Å². The van der Waals surface area contributed by atoms with Crippen molar-refractivity contribution in [2.75, 3.05) is 18.4 Å². The average molecular weight is 444 g/mol. The summed E-state index contributed by atoms with van der Waals surface area (Å²) in [6.45, 7) is 0.912. The number of carbonyl (C=O) groups is 3. The Morgan fingerprint density at radius 1 is 0.818 bits per heavy atom. The second-order valence-corrected chi connectivity index (χ2v) is 7.91. The van der Waals surface area contributed by atoms with Gasteiger partial charge in [-0.1, -0.05) is 30.3 Å². The van der Waals surface area contributed by atoms with Gasteiger partial charge in [0.25, 0.3) is 11.8 Å². The Hall–Kier alpha value is -4.13. The zero-order valence-corrected chi connectivity index (χ0v) is 18.1. The number of benzene rings is 3. The highest BCUT2D eigenvalue weighted by molar-refractivity contribution is 6.09. The zero-order valence-electron chi connectivity index (χ0n) is 18.1. The zero-order chi connectivity index (χ0) is 23.2. The van der Waals surface area contributed by atoms with Crippen molar-refractivity contribution in [2.45, 2.75) is 12.8 Å². The lowest BCUT2D eigenvalue weighted by Gasteiger charge is -2.31. The van der Waals surface area contributed by atoms with Gasteiger partial charge in [-0.2, -0.15) is 0 Å². The van der Waals surface area contributed by atoms with E-state index in [0.717, 1.165) is 0 Å². The maximum atomic E-state index is 13.1. The molecule has 3 aromatic carbocycles. The van der Waals surface area contributed by atoms with Crippen LogP contribution in [0.3, 0.4) is 0 Å². The summed E-state index contributed by atoms with van der Waals surface area (Å²) in [5.41, 5.74) is 6.68. The molecular weight excluding hydrogens is 418 g/mol. The molecule has 0 aliphatic carbocycles. The SMILES string of the molecule is NC(=O)C1CCN(C(=O)c2ccccc2NC(=O)c2ccc(Oc3ccccc3)cc2)CC1. The standard InChI is InChI=1S/C26H25N3O4/c27-24(30)18-14-16-29(17-15-18)26(32)22-8-4-5-9-23(22)28-25(31)19-10-12-21(13-11-19)33-20-6-2-1-3-7-20/h1-13,18H,14-17H2,(H2,27,30)(H,28,31). The van der Waals surface area contributed by atoms with Gasteiger partial charge in [0, 0.05) is 24.6 Å². The maximum absolute atomic E-state index is 13.1. The predicted molar refractivity (Wildman–Crippen MR) is 125 cm³/mol. The lowest BCUT2D eigenvalue weighted by molar-refractivity contribution is -0.123. The van der Waals surface area contributed by atoms with Crippen molar-refractivity contribution in [3.8, 4) is 11.5 Å². The van der Waals surface area contributed by atoms with Crippen molar-refractivity contribution in [3.05, 3.63) is 90.0 Å². The number of rotatable bonds is 6. The summed E-state index contributed by atoms with van der Waals surface area (Å²) in [6, 6.07) is 23.1. The van der Waals surface area contributed by atoms with E-state index in [-0.39, 0.29) is 23.6 Å². The van der Waals surface area contributed by atoms with E-state index in [4.69, 9.17) is 10.5 Å². The Labute approximate surface area is 192 Å². The monoisotopic (exact) mass is 443 g/mol. The molecule has 4 rings (SSSR count). The third kappa shape index (κ3) is 5.38. The van der Waals surface area contributed by atoms with E-state index in [1.54, 1.807) is 53.4 Å². The normalized spacial score (nSPS) is 13.9. The molecule has 0 atom stereocenters. The van der Waals surface area contributed by atoms with Crippen LogP contribution in [0, 0.1) is 5.92 Å². The number of primary amides is 1. The van der Waals surface area contributed by atoms with Gasteiger partial charge in [0.15, 0.2) is 0 Å². The summed E-state index contributed by atoms with van der Waals surface area (Å²) in [7, 11) is 0. The highest BCUT2D eigenvalue weighted by Crippen LogP contribution is 2.24. The molecule has 1 fully saturated rings. The molecule has 3 aromatic rings. The molecule has 0 bridgehead atoms. The van der Waals surface area contributed by atoms with E-state index in [1.165, 1.54) is 0 Å². The van der Waals surface area contributed by atoms with E-state index in [0.29, 0.717) is 54.2 Å². The van der Waals surface area contributed by atoms with Crippen molar-refractivity contribution < 1.29 is 19.1 Å². The number of piperidine rings is 1. The summed E-state index contributed by atoms with van der Waals surface area (Å²) in [5.74, 6) is 0.303. The number of likely N-dealkylation sites (tertiary alicyclic amines) is 1. The van der Waals surface area contributed by atoms with Crippen LogP contribution in [0.1, 0.15) is 33.6 Å². The molecule has 168 valence electrons. The Balaban J connectivity index is 1.42. The average Bonchev–Trinajstić information content (AvgIpc) is 2.85. The molecule has 1 aliphatic rings. The fourth-order valence-electron chi connectivity index (χ4n) is 3.81. The van der Waals surface area contributed by atoms with E-state index in [2.05, 4.69) is 5.32 Å². The van der Waals surface area contributed by atoms with Crippen LogP contribution in [0.2, 0.25) is 0 Å². The van der Waals surface area contributed by atoms with Crippen LogP contribution in [0.15, 0.2) is 78.9 Å². The summed E-state index contributed by atoms with van der Waals surface area (Å²) in [4.78, 5) is 39.0. The number of para-hydroxylation sites is 2. The van der Waals surface area contributed by atoms with Gasteiger partial charge in [0.1, 0.15) is 11.5 Å². The summed E-state index contributed by atoms with van der Waals surface area (Å²) in [6.07, 6.45) is 1.10. The van der Waals surface area contributed by atoms with Crippen molar-refractivity contribution in [3.63, 3.8) is 0 Å². The number of nitrogens with one attached hydrogen (secondary N) is 1. The highest BCUT2D eigenvalue weighted by atomic mass is 16.5. The number of hydrogen-bond acceptors (Lipinski definition) is 4. The number of amides is 3. The first-order valence-electron chi connectivity index (χ1n) is 10.8. The maximum Gasteiger partial charge on any atom is 0.255 e. The Morgan fingerprint density at radius 2 is 1.42 bits per heavy atom. The first-order chi connectivity index (χ1) is 16.0. The molecule has 33 heavy (non-hydrogen) atoms. The molecule has 0 radical (unpaired) electrons. The van der Waals surface area contributed by atoms with Crippen LogP contribution < -0.4 is 15.8 Å². The summed E-state index contributed by atoms with van der Waals surface area (Å²) < 4.78 is 5.76. The first-order valence-corrected chi connectivity index (χ1v) is 10.8. The molecule has 3 amide bonds. The Bertz CT molecular complexity index is 1140. The molecule has 1 aliphatic heterocycles. The van der Waals surface area contributed by atoms with Crippen molar-refractivity contribution in [1.82, 2.24) is 4.90 Å². The highest BCUT2D eigenvalue weighted by Gasteiger charge is 2.27. The molecule has 1 saturated heterocycles. The van der Waals surface area contributed by atoms with Gasteiger partial charge in [-0.3, -0.25) is 14.4 Å². The molecular formula is C26H25N3O4. The van der Waals surface area contributed by atoms with Crippen LogP contribution in [0.25, 0.3) is 0 Å². The second-order valence-electron chi connectivity index (χ2n) is 7.91. The summed E-state index contributed by atoms with van der Waals surface area (Å²) in [5, 5.41) is 2.84. The first kappa shape index (κ1) is 22.1. The number of nitrogens with zero attached hydrogens (tertiary/aromatic N) is 1. The lowest BCUT2D eigenvalue weighted by Crippen LogP contribution is -2.42. The van der Waals surface area contributed by atoms with Gasteiger partial charge in [0.05, 0.1) is 11.3 Å². The number of carbonyl (C=O) groups excluding carboxylic acids is 3. The lowest BCUT2D eigenvalue weighted by atomic mass is 9.95. The topological polar surface area (TPSA) is 102 Å². The molecule has 3 N–H and O–H groups in total. The molecule has 1 heterocycles. The van der Waals surface area contributed by atoms with Gasteiger partial charge in [-0.15, -0.1) is 0 Å². The minimum atomic E-state index is -0.325. The minimum Gasteiger partial charge on any atom is -0.457 e. The third-order valence-electron chi connectivity index (χ3n) is 5.69. The van der Waals surface area contributed by atoms with Gasteiger partial charge >= 0.3 is 0 Å². The van der Waals surface area contributed by atoms with Crippen molar-refractivity contribution in [2.24, 2.45) is 11.7 Å². The summed E-state index contributed by atoms with van der Waals surface area (Å²) >= 11 is 0. The molecule has 7 nitrogen and oxygen atoms in total. The Morgan fingerprint density at radius 3 is 2.09 bits per heavy atom. The number of ether oxygens (including phenoxy) is 1. The minimum absolute atomic E-state index is 0.180. The van der Waals surface area contributed by atoms with Crippen molar-refractivity contribution >= 4 is 23.4 Å². The fourth-order valence-corrected chi connectivity index (χ4v) is 3.81. The van der Waals surface area contributed by atoms with E-state index < -0.39 is 0 Å².